The van der Waals surface area contributed by atoms with E-state index in [2.05, 4.69) is 10.3 Å². The van der Waals surface area contributed by atoms with E-state index in [1.807, 2.05) is 48.7 Å². The van der Waals surface area contributed by atoms with Crippen LogP contribution in [-0.4, -0.2) is 29.8 Å². The SMILES string of the molecule is COc1ccc2[nH]cc(CCOc3ccc(/C=C4/SC(=O)NC4=O)cc3)c2c1. The van der Waals surface area contributed by atoms with E-state index in [0.717, 1.165) is 46.1 Å². The lowest BCUT2D eigenvalue weighted by Crippen LogP contribution is -2.17. The quantitative estimate of drug-likeness (QED) is 0.615. The van der Waals surface area contributed by atoms with E-state index in [0.29, 0.717) is 11.5 Å². The first-order valence-corrected chi connectivity index (χ1v) is 9.56. The molecule has 2 amide bonds. The second kappa shape index (κ2) is 7.82. The molecule has 0 unspecified atom stereocenters. The molecule has 2 aromatic carbocycles. The average molecular weight is 394 g/mol. The van der Waals surface area contributed by atoms with Crippen molar-refractivity contribution >= 4 is 39.9 Å². The summed E-state index contributed by atoms with van der Waals surface area (Å²) in [6, 6.07) is 13.4. The fraction of sp³-hybridized carbons (Fsp3) is 0.143. The number of hydrogen-bond donors (Lipinski definition) is 2. The molecule has 1 aliphatic heterocycles. The molecule has 0 saturated carbocycles. The van der Waals surface area contributed by atoms with E-state index in [9.17, 15) is 9.59 Å². The number of amides is 2. The Balaban J connectivity index is 1.37. The number of hydrogen-bond acceptors (Lipinski definition) is 5. The number of aromatic amines is 1. The van der Waals surface area contributed by atoms with E-state index < -0.39 is 0 Å². The molecule has 1 saturated heterocycles. The Morgan fingerprint density at radius 3 is 2.57 bits per heavy atom. The summed E-state index contributed by atoms with van der Waals surface area (Å²) in [6.07, 6.45) is 4.44. The molecule has 1 aromatic heterocycles. The standard InChI is InChI=1S/C21H18N2O4S/c1-26-16-6-7-18-17(11-16)14(12-22-18)8-9-27-15-4-2-13(3-5-15)10-19-20(24)23-21(25)28-19/h2-7,10-12,22H,8-9H2,1H3,(H,23,24,25)/b19-10+. The minimum Gasteiger partial charge on any atom is -0.497 e. The molecular weight excluding hydrogens is 376 g/mol. The summed E-state index contributed by atoms with van der Waals surface area (Å²) in [5.74, 6) is 1.22. The van der Waals surface area contributed by atoms with Gasteiger partial charge in [-0.1, -0.05) is 12.1 Å². The fourth-order valence-corrected chi connectivity index (χ4v) is 3.69. The van der Waals surface area contributed by atoms with Gasteiger partial charge in [0, 0.05) is 23.5 Å². The third-order valence-corrected chi connectivity index (χ3v) is 5.25. The summed E-state index contributed by atoms with van der Waals surface area (Å²) >= 11 is 0.907. The maximum Gasteiger partial charge on any atom is 0.290 e. The van der Waals surface area contributed by atoms with Crippen LogP contribution in [0.2, 0.25) is 0 Å². The molecule has 2 N–H and O–H groups in total. The maximum atomic E-state index is 11.6. The van der Waals surface area contributed by atoms with Crippen molar-refractivity contribution in [2.45, 2.75) is 6.42 Å². The Labute approximate surface area is 165 Å². The zero-order valence-electron chi connectivity index (χ0n) is 15.2. The fourth-order valence-electron chi connectivity index (χ4n) is 3.00. The highest BCUT2D eigenvalue weighted by atomic mass is 32.2. The summed E-state index contributed by atoms with van der Waals surface area (Å²) in [6.45, 7) is 0.539. The number of methoxy groups -OCH3 is 1. The lowest BCUT2D eigenvalue weighted by atomic mass is 10.1. The molecule has 7 heteroatoms. The average Bonchev–Trinajstić information content (AvgIpc) is 3.25. The van der Waals surface area contributed by atoms with E-state index >= 15 is 0 Å². The second-order valence-corrected chi connectivity index (χ2v) is 7.26. The predicted molar refractivity (Wildman–Crippen MR) is 110 cm³/mol. The van der Waals surface area contributed by atoms with Gasteiger partial charge in [-0.2, -0.15) is 0 Å². The van der Waals surface area contributed by atoms with E-state index in [4.69, 9.17) is 9.47 Å². The van der Waals surface area contributed by atoms with Crippen LogP contribution in [0.5, 0.6) is 11.5 Å². The molecule has 0 aliphatic carbocycles. The van der Waals surface area contributed by atoms with Crippen molar-refractivity contribution in [3.8, 4) is 11.5 Å². The number of H-pyrrole nitrogens is 1. The molecular formula is C21H18N2O4S. The third-order valence-electron chi connectivity index (χ3n) is 4.43. The first kappa shape index (κ1) is 18.2. The van der Waals surface area contributed by atoms with Crippen molar-refractivity contribution in [1.29, 1.82) is 0 Å². The topological polar surface area (TPSA) is 80.4 Å². The highest BCUT2D eigenvalue weighted by Crippen LogP contribution is 2.27. The number of imide groups is 1. The van der Waals surface area contributed by atoms with Crippen molar-refractivity contribution in [1.82, 2.24) is 10.3 Å². The lowest BCUT2D eigenvalue weighted by Gasteiger charge is -2.07. The molecule has 142 valence electrons. The van der Waals surface area contributed by atoms with Gasteiger partial charge in [0.1, 0.15) is 11.5 Å². The lowest BCUT2D eigenvalue weighted by molar-refractivity contribution is -0.115. The van der Waals surface area contributed by atoms with E-state index in [1.54, 1.807) is 13.2 Å². The molecule has 4 rings (SSSR count). The molecule has 0 bridgehead atoms. The van der Waals surface area contributed by atoms with Crippen LogP contribution in [0.25, 0.3) is 17.0 Å². The van der Waals surface area contributed by atoms with Crippen molar-refractivity contribution in [3.05, 3.63) is 64.7 Å². The Kier molecular flexibility index (Phi) is 5.08. The van der Waals surface area contributed by atoms with Gasteiger partial charge in [0.25, 0.3) is 11.1 Å². The molecule has 0 spiro atoms. The first-order chi connectivity index (χ1) is 13.6. The zero-order valence-corrected chi connectivity index (χ0v) is 16.0. The van der Waals surface area contributed by atoms with Gasteiger partial charge in [-0.3, -0.25) is 14.9 Å². The van der Waals surface area contributed by atoms with Crippen LogP contribution in [0.1, 0.15) is 11.1 Å². The highest BCUT2D eigenvalue weighted by molar-refractivity contribution is 8.18. The Morgan fingerprint density at radius 2 is 1.86 bits per heavy atom. The number of carbonyl (C=O) groups is 2. The number of ether oxygens (including phenoxy) is 2. The van der Waals surface area contributed by atoms with Gasteiger partial charge in [0.15, 0.2) is 0 Å². The van der Waals surface area contributed by atoms with Crippen LogP contribution in [0, 0.1) is 0 Å². The summed E-state index contributed by atoms with van der Waals surface area (Å²) in [7, 11) is 1.66. The largest absolute Gasteiger partial charge is 0.497 e. The molecule has 6 nitrogen and oxygen atoms in total. The van der Waals surface area contributed by atoms with Gasteiger partial charge in [0.2, 0.25) is 0 Å². The van der Waals surface area contributed by atoms with Gasteiger partial charge in [-0.05, 0) is 59.3 Å². The number of rotatable bonds is 6. The van der Waals surface area contributed by atoms with Crippen molar-refractivity contribution in [2.24, 2.45) is 0 Å². The number of fused-ring (bicyclic) bond motifs is 1. The normalized spacial score (nSPS) is 15.2. The van der Waals surface area contributed by atoms with E-state index in [-0.39, 0.29) is 11.1 Å². The number of aromatic nitrogens is 1. The monoisotopic (exact) mass is 394 g/mol. The van der Waals surface area contributed by atoms with Crippen molar-refractivity contribution in [2.75, 3.05) is 13.7 Å². The number of thioether (sulfide) groups is 1. The minimum atomic E-state index is -0.356. The van der Waals surface area contributed by atoms with Crippen LogP contribution in [0.3, 0.4) is 0 Å². The Hall–Kier alpha value is -3.19. The van der Waals surface area contributed by atoms with Gasteiger partial charge < -0.3 is 14.5 Å². The molecule has 2 heterocycles. The summed E-state index contributed by atoms with van der Waals surface area (Å²) < 4.78 is 11.1. The summed E-state index contributed by atoms with van der Waals surface area (Å²) in [5.41, 5.74) is 3.08. The Morgan fingerprint density at radius 1 is 1.07 bits per heavy atom. The Bertz CT molecular complexity index is 1070. The number of carbonyl (C=O) groups excluding carboxylic acids is 2. The smallest absolute Gasteiger partial charge is 0.290 e. The zero-order chi connectivity index (χ0) is 19.5. The molecule has 28 heavy (non-hydrogen) atoms. The predicted octanol–water partition coefficient (Wildman–Crippen LogP) is 4.12. The molecule has 1 fully saturated rings. The number of nitrogens with one attached hydrogen (secondary N) is 2. The van der Waals surface area contributed by atoms with Crippen molar-refractivity contribution in [3.63, 3.8) is 0 Å². The van der Waals surface area contributed by atoms with Crippen LogP contribution in [-0.2, 0) is 11.2 Å². The molecule has 0 atom stereocenters. The van der Waals surface area contributed by atoms with Gasteiger partial charge in [-0.25, -0.2) is 0 Å². The van der Waals surface area contributed by atoms with Crippen molar-refractivity contribution < 1.29 is 19.1 Å². The van der Waals surface area contributed by atoms with Crippen LogP contribution in [0.15, 0.2) is 53.6 Å². The van der Waals surface area contributed by atoms with Crippen LogP contribution >= 0.6 is 11.8 Å². The first-order valence-electron chi connectivity index (χ1n) is 8.74. The molecule has 1 aliphatic rings. The van der Waals surface area contributed by atoms with E-state index in [1.165, 1.54) is 5.56 Å². The second-order valence-electron chi connectivity index (χ2n) is 6.25. The van der Waals surface area contributed by atoms with Crippen LogP contribution in [0.4, 0.5) is 4.79 Å². The third kappa shape index (κ3) is 3.89. The summed E-state index contributed by atoms with van der Waals surface area (Å²) in [5, 5.41) is 3.03. The maximum absolute atomic E-state index is 11.6. The van der Waals surface area contributed by atoms with Gasteiger partial charge in [-0.15, -0.1) is 0 Å². The molecule has 3 aromatic rings. The minimum absolute atomic E-state index is 0.342. The molecule has 0 radical (unpaired) electrons. The highest BCUT2D eigenvalue weighted by Gasteiger charge is 2.24. The summed E-state index contributed by atoms with van der Waals surface area (Å²) in [4.78, 5) is 26.4. The van der Waals surface area contributed by atoms with Gasteiger partial charge >= 0.3 is 0 Å². The number of benzene rings is 2. The van der Waals surface area contributed by atoms with Gasteiger partial charge in [0.05, 0.1) is 18.6 Å². The van der Waals surface area contributed by atoms with Crippen LogP contribution < -0.4 is 14.8 Å².